The molecular formula is C27H27BrN4O3. The van der Waals surface area contributed by atoms with Crippen LogP contribution in [0.3, 0.4) is 0 Å². The Morgan fingerprint density at radius 1 is 1.11 bits per heavy atom. The molecule has 4 rings (SSSR count). The molecule has 0 radical (unpaired) electrons. The number of carbonyl (C=O) groups is 2. The summed E-state index contributed by atoms with van der Waals surface area (Å²) in [7, 11) is 0. The molecule has 0 aliphatic carbocycles. The number of amides is 2. The molecule has 0 spiro atoms. The first-order chi connectivity index (χ1) is 17.0. The standard InChI is InChI=1S/C27H27BrN4O3/c1-19-4-8-23(16-25(19)31-26(33)9-5-20-3-2-10-29-17-20)30-27(34)21-6-7-22(24(28)15-21)18-32-11-13-35-14-12-32/h2-10,15-17H,11-14,18H2,1H3,(H,30,34)(H,31,33)/b9-5+. The van der Waals surface area contributed by atoms with E-state index in [-0.39, 0.29) is 11.8 Å². The molecular weight excluding hydrogens is 508 g/mol. The quantitative estimate of drug-likeness (QED) is 0.421. The fourth-order valence-electron chi connectivity index (χ4n) is 3.68. The molecule has 8 heteroatoms. The van der Waals surface area contributed by atoms with Crippen molar-refractivity contribution in [2.45, 2.75) is 13.5 Å². The maximum Gasteiger partial charge on any atom is 0.255 e. The van der Waals surface area contributed by atoms with Gasteiger partial charge in [-0.2, -0.15) is 0 Å². The molecule has 0 saturated carbocycles. The van der Waals surface area contributed by atoms with E-state index in [2.05, 4.69) is 36.4 Å². The molecule has 1 aliphatic rings. The van der Waals surface area contributed by atoms with Crippen molar-refractivity contribution in [2.24, 2.45) is 0 Å². The second-order valence-corrected chi connectivity index (χ2v) is 9.14. The third-order valence-electron chi connectivity index (χ3n) is 5.68. The lowest BCUT2D eigenvalue weighted by Crippen LogP contribution is -2.35. The van der Waals surface area contributed by atoms with E-state index in [1.807, 2.05) is 49.4 Å². The number of morpholine rings is 1. The first-order valence-corrected chi connectivity index (χ1v) is 12.2. The summed E-state index contributed by atoms with van der Waals surface area (Å²) < 4.78 is 6.30. The van der Waals surface area contributed by atoms with Crippen LogP contribution in [0.2, 0.25) is 0 Å². The van der Waals surface area contributed by atoms with Crippen molar-refractivity contribution in [2.75, 3.05) is 36.9 Å². The largest absolute Gasteiger partial charge is 0.379 e. The number of nitrogens with zero attached hydrogens (tertiary/aromatic N) is 2. The zero-order valence-corrected chi connectivity index (χ0v) is 21.0. The predicted octanol–water partition coefficient (Wildman–Crippen LogP) is 4.89. The summed E-state index contributed by atoms with van der Waals surface area (Å²) in [6.07, 6.45) is 6.51. The summed E-state index contributed by atoms with van der Waals surface area (Å²) in [6.45, 7) is 6.01. The van der Waals surface area contributed by atoms with Crippen molar-refractivity contribution in [1.82, 2.24) is 9.88 Å². The highest BCUT2D eigenvalue weighted by molar-refractivity contribution is 9.10. The molecule has 2 amide bonds. The maximum atomic E-state index is 12.9. The highest BCUT2D eigenvalue weighted by Crippen LogP contribution is 2.24. The summed E-state index contributed by atoms with van der Waals surface area (Å²) in [5, 5.41) is 5.79. The predicted molar refractivity (Wildman–Crippen MR) is 141 cm³/mol. The van der Waals surface area contributed by atoms with Crippen molar-refractivity contribution in [1.29, 1.82) is 0 Å². The number of rotatable bonds is 7. The van der Waals surface area contributed by atoms with Crippen molar-refractivity contribution < 1.29 is 14.3 Å². The average molecular weight is 535 g/mol. The van der Waals surface area contributed by atoms with Gasteiger partial charge in [0.15, 0.2) is 0 Å². The van der Waals surface area contributed by atoms with Gasteiger partial charge in [-0.15, -0.1) is 0 Å². The van der Waals surface area contributed by atoms with Crippen molar-refractivity contribution in [3.8, 4) is 0 Å². The molecule has 1 fully saturated rings. The van der Waals surface area contributed by atoms with Crippen LogP contribution in [-0.4, -0.2) is 48.0 Å². The highest BCUT2D eigenvalue weighted by atomic mass is 79.9. The number of hydrogen-bond donors (Lipinski definition) is 2. The van der Waals surface area contributed by atoms with Gasteiger partial charge in [-0.25, -0.2) is 0 Å². The van der Waals surface area contributed by atoms with Gasteiger partial charge in [-0.05, 0) is 60.0 Å². The number of halogens is 1. The van der Waals surface area contributed by atoms with Crippen LogP contribution in [-0.2, 0) is 16.1 Å². The lowest BCUT2D eigenvalue weighted by molar-refractivity contribution is -0.111. The van der Waals surface area contributed by atoms with E-state index in [1.165, 1.54) is 6.08 Å². The molecule has 180 valence electrons. The zero-order chi connectivity index (χ0) is 24.6. The van der Waals surface area contributed by atoms with E-state index in [1.54, 1.807) is 24.5 Å². The first-order valence-electron chi connectivity index (χ1n) is 11.4. The Morgan fingerprint density at radius 3 is 2.69 bits per heavy atom. The summed E-state index contributed by atoms with van der Waals surface area (Å²) in [5.41, 5.74) is 4.63. The van der Waals surface area contributed by atoms with Gasteiger partial charge in [0, 0.05) is 59.5 Å². The summed E-state index contributed by atoms with van der Waals surface area (Å²) in [5.74, 6) is -0.485. The van der Waals surface area contributed by atoms with Gasteiger partial charge < -0.3 is 15.4 Å². The molecule has 1 saturated heterocycles. The molecule has 7 nitrogen and oxygen atoms in total. The number of aryl methyl sites for hydroxylation is 1. The van der Waals surface area contributed by atoms with Gasteiger partial charge in [0.05, 0.1) is 13.2 Å². The Bertz CT molecular complexity index is 1220. The number of benzene rings is 2. The third kappa shape index (κ3) is 7.08. The lowest BCUT2D eigenvalue weighted by atomic mass is 10.1. The lowest BCUT2D eigenvalue weighted by Gasteiger charge is -2.27. The summed E-state index contributed by atoms with van der Waals surface area (Å²) >= 11 is 3.61. The monoisotopic (exact) mass is 534 g/mol. The average Bonchev–Trinajstić information content (AvgIpc) is 2.87. The number of nitrogens with one attached hydrogen (secondary N) is 2. The molecule has 1 aromatic heterocycles. The minimum atomic E-state index is -0.264. The number of carbonyl (C=O) groups excluding carboxylic acids is 2. The van der Waals surface area contributed by atoms with Crippen molar-refractivity contribution in [3.05, 3.63) is 93.7 Å². The van der Waals surface area contributed by atoms with Crippen LogP contribution >= 0.6 is 15.9 Å². The number of pyridine rings is 1. The van der Waals surface area contributed by atoms with Crippen LogP contribution in [0.25, 0.3) is 6.08 Å². The van der Waals surface area contributed by atoms with E-state index in [4.69, 9.17) is 4.74 Å². The molecule has 0 bridgehead atoms. The Morgan fingerprint density at radius 2 is 1.94 bits per heavy atom. The van der Waals surface area contributed by atoms with Gasteiger partial charge in [0.2, 0.25) is 5.91 Å². The minimum Gasteiger partial charge on any atom is -0.379 e. The maximum absolute atomic E-state index is 12.9. The first kappa shape index (κ1) is 24.8. The summed E-state index contributed by atoms with van der Waals surface area (Å²) in [6, 6.07) is 14.7. The van der Waals surface area contributed by atoms with E-state index >= 15 is 0 Å². The number of aromatic nitrogens is 1. The normalized spacial score (nSPS) is 14.1. The van der Waals surface area contributed by atoms with Gasteiger partial charge in [-0.1, -0.05) is 34.1 Å². The van der Waals surface area contributed by atoms with E-state index in [9.17, 15) is 9.59 Å². The molecule has 2 aromatic carbocycles. The van der Waals surface area contributed by atoms with Crippen LogP contribution in [0.5, 0.6) is 0 Å². The molecule has 0 unspecified atom stereocenters. The van der Waals surface area contributed by atoms with Crippen LogP contribution in [0.1, 0.15) is 27.0 Å². The fraction of sp³-hybridized carbons (Fsp3) is 0.222. The van der Waals surface area contributed by atoms with Crippen LogP contribution < -0.4 is 10.6 Å². The third-order valence-corrected chi connectivity index (χ3v) is 6.42. The van der Waals surface area contributed by atoms with Crippen molar-refractivity contribution in [3.63, 3.8) is 0 Å². The zero-order valence-electron chi connectivity index (χ0n) is 19.5. The number of ether oxygens (including phenoxy) is 1. The van der Waals surface area contributed by atoms with Crippen LogP contribution in [0.4, 0.5) is 11.4 Å². The molecule has 2 heterocycles. The Labute approximate surface area is 213 Å². The minimum absolute atomic E-state index is 0.221. The molecule has 2 N–H and O–H groups in total. The molecule has 1 aliphatic heterocycles. The van der Waals surface area contributed by atoms with Crippen LogP contribution in [0.15, 0.2) is 71.5 Å². The summed E-state index contributed by atoms with van der Waals surface area (Å²) in [4.78, 5) is 31.6. The number of hydrogen-bond acceptors (Lipinski definition) is 5. The molecule has 3 aromatic rings. The Kier molecular flexibility index (Phi) is 8.41. The van der Waals surface area contributed by atoms with Gasteiger partial charge in [-0.3, -0.25) is 19.5 Å². The molecule has 0 atom stereocenters. The Balaban J connectivity index is 1.39. The fourth-order valence-corrected chi connectivity index (χ4v) is 4.18. The highest BCUT2D eigenvalue weighted by Gasteiger charge is 2.14. The van der Waals surface area contributed by atoms with E-state index in [0.717, 1.165) is 54.0 Å². The van der Waals surface area contributed by atoms with E-state index < -0.39 is 0 Å². The SMILES string of the molecule is Cc1ccc(NC(=O)c2ccc(CN3CCOCC3)c(Br)c2)cc1NC(=O)/C=C/c1cccnc1. The smallest absolute Gasteiger partial charge is 0.255 e. The number of anilines is 2. The molecule has 35 heavy (non-hydrogen) atoms. The topological polar surface area (TPSA) is 83.6 Å². The van der Waals surface area contributed by atoms with Gasteiger partial charge in [0.1, 0.15) is 0 Å². The van der Waals surface area contributed by atoms with Crippen molar-refractivity contribution >= 4 is 45.2 Å². The second kappa shape index (κ2) is 11.9. The van der Waals surface area contributed by atoms with E-state index in [0.29, 0.717) is 16.9 Å². The van der Waals surface area contributed by atoms with Crippen LogP contribution in [0, 0.1) is 6.92 Å². The second-order valence-electron chi connectivity index (χ2n) is 8.29. The van der Waals surface area contributed by atoms with Gasteiger partial charge >= 0.3 is 0 Å². The van der Waals surface area contributed by atoms with Gasteiger partial charge in [0.25, 0.3) is 5.91 Å². The Hall–Kier alpha value is -3.33.